The summed E-state index contributed by atoms with van der Waals surface area (Å²) >= 11 is 0. The fourth-order valence-electron chi connectivity index (χ4n) is 3.12. The van der Waals surface area contributed by atoms with Crippen LogP contribution in [0.4, 0.5) is 0 Å². The predicted molar refractivity (Wildman–Crippen MR) is 75.6 cm³/mol. The van der Waals surface area contributed by atoms with Crippen molar-refractivity contribution in [3.8, 4) is 11.5 Å². The third kappa shape index (κ3) is 2.46. The van der Waals surface area contributed by atoms with Gasteiger partial charge in [-0.1, -0.05) is 0 Å². The summed E-state index contributed by atoms with van der Waals surface area (Å²) in [6.45, 7) is 1.74. The topological polar surface area (TPSA) is 48.0 Å². The van der Waals surface area contributed by atoms with Crippen molar-refractivity contribution in [2.75, 3.05) is 20.0 Å². The smallest absolute Gasteiger partial charge is 0.254 e. The van der Waals surface area contributed by atoms with Crippen LogP contribution in [0.15, 0.2) is 18.2 Å². The normalized spacial score (nSPS) is 21.3. The van der Waals surface area contributed by atoms with Crippen LogP contribution in [-0.4, -0.2) is 42.9 Å². The molecule has 1 saturated heterocycles. The molecule has 2 aliphatic heterocycles. The quantitative estimate of drug-likeness (QED) is 0.856. The van der Waals surface area contributed by atoms with Gasteiger partial charge in [0.25, 0.3) is 5.91 Å². The summed E-state index contributed by atoms with van der Waals surface area (Å²) in [6, 6.07) is 6.18. The maximum atomic E-state index is 12.9. The predicted octanol–water partition coefficient (Wildman–Crippen LogP) is 2.20. The van der Waals surface area contributed by atoms with Gasteiger partial charge in [0.05, 0.1) is 0 Å². The first kappa shape index (κ1) is 13.0. The van der Waals surface area contributed by atoms with Crippen LogP contribution < -0.4 is 9.47 Å². The Kier molecular flexibility index (Phi) is 3.22. The minimum absolute atomic E-state index is 0.114. The van der Waals surface area contributed by atoms with E-state index in [-0.39, 0.29) is 12.7 Å². The van der Waals surface area contributed by atoms with Gasteiger partial charge in [-0.05, 0) is 43.9 Å². The molecule has 21 heavy (non-hydrogen) atoms. The van der Waals surface area contributed by atoms with Crippen molar-refractivity contribution in [1.82, 2.24) is 4.90 Å². The Morgan fingerprint density at radius 3 is 2.48 bits per heavy atom. The van der Waals surface area contributed by atoms with Crippen molar-refractivity contribution in [2.24, 2.45) is 0 Å². The second-order valence-electron chi connectivity index (χ2n) is 5.86. The van der Waals surface area contributed by atoms with Crippen LogP contribution in [-0.2, 0) is 4.74 Å². The number of nitrogens with zero attached hydrogens (tertiary/aromatic N) is 1. The zero-order valence-corrected chi connectivity index (χ0v) is 11.9. The molecule has 0 radical (unpaired) electrons. The molecule has 5 heteroatoms. The number of ether oxygens (including phenoxy) is 3. The summed E-state index contributed by atoms with van der Waals surface area (Å²) in [4.78, 5) is 15.0. The number of rotatable bonds is 3. The Morgan fingerprint density at radius 1 is 1.00 bits per heavy atom. The van der Waals surface area contributed by atoms with Gasteiger partial charge in [-0.2, -0.15) is 0 Å². The number of amides is 1. The lowest BCUT2D eigenvalue weighted by Crippen LogP contribution is -2.44. The Bertz CT molecular complexity index is 549. The van der Waals surface area contributed by atoms with Crippen LogP contribution in [0.1, 0.15) is 36.0 Å². The summed E-state index contributed by atoms with van der Waals surface area (Å²) in [5.41, 5.74) is 0.692. The first-order chi connectivity index (χ1) is 10.3. The number of hydrogen-bond donors (Lipinski definition) is 0. The van der Waals surface area contributed by atoms with Gasteiger partial charge in [0.1, 0.15) is 0 Å². The molecule has 1 amide bonds. The van der Waals surface area contributed by atoms with Gasteiger partial charge in [0.15, 0.2) is 11.5 Å². The summed E-state index contributed by atoms with van der Waals surface area (Å²) in [5.74, 6) is 1.50. The van der Waals surface area contributed by atoms with Gasteiger partial charge in [0.2, 0.25) is 6.79 Å². The summed E-state index contributed by atoms with van der Waals surface area (Å²) in [5, 5.41) is 0. The van der Waals surface area contributed by atoms with E-state index in [4.69, 9.17) is 14.2 Å². The Balaban J connectivity index is 1.58. The number of carbonyl (C=O) groups excluding carboxylic acids is 1. The molecule has 4 rings (SSSR count). The van der Waals surface area contributed by atoms with Crippen LogP contribution in [0.25, 0.3) is 0 Å². The van der Waals surface area contributed by atoms with Crippen LogP contribution in [0.5, 0.6) is 11.5 Å². The molecule has 1 aromatic carbocycles. The molecule has 0 aromatic heterocycles. The standard InChI is InChI=1S/C16H19NO4/c18-16(11-1-4-14-15(9-11)21-10-20-14)17(12-2-3-12)13-5-7-19-8-6-13/h1,4,9,12-13H,2-3,5-8,10H2. The molecule has 2 fully saturated rings. The average molecular weight is 289 g/mol. The summed E-state index contributed by atoms with van der Waals surface area (Å²) in [7, 11) is 0. The van der Waals surface area contributed by atoms with Crippen molar-refractivity contribution in [1.29, 1.82) is 0 Å². The molecule has 0 atom stereocenters. The van der Waals surface area contributed by atoms with Crippen molar-refractivity contribution >= 4 is 5.91 Å². The first-order valence-electron chi connectivity index (χ1n) is 7.63. The number of hydrogen-bond acceptors (Lipinski definition) is 4. The van der Waals surface area contributed by atoms with E-state index in [0.717, 1.165) is 44.6 Å². The van der Waals surface area contributed by atoms with Gasteiger partial charge in [-0.25, -0.2) is 0 Å². The molecule has 1 aliphatic carbocycles. The number of benzene rings is 1. The maximum absolute atomic E-state index is 12.9. The molecule has 0 spiro atoms. The molecular formula is C16H19NO4. The molecule has 3 aliphatic rings. The zero-order chi connectivity index (χ0) is 14.2. The lowest BCUT2D eigenvalue weighted by molar-refractivity contribution is 0.0267. The molecule has 0 N–H and O–H groups in total. The van der Waals surface area contributed by atoms with Crippen LogP contribution in [0, 0.1) is 0 Å². The van der Waals surface area contributed by atoms with Gasteiger partial charge in [0, 0.05) is 30.9 Å². The van der Waals surface area contributed by atoms with E-state index in [1.807, 2.05) is 12.1 Å². The highest BCUT2D eigenvalue weighted by Gasteiger charge is 2.38. The number of carbonyl (C=O) groups is 1. The second-order valence-corrected chi connectivity index (χ2v) is 5.86. The first-order valence-corrected chi connectivity index (χ1v) is 7.63. The second kappa shape index (κ2) is 5.22. The van der Waals surface area contributed by atoms with Gasteiger partial charge in [-0.3, -0.25) is 4.79 Å². The zero-order valence-electron chi connectivity index (χ0n) is 11.9. The Morgan fingerprint density at radius 2 is 1.71 bits per heavy atom. The molecule has 112 valence electrons. The Hall–Kier alpha value is -1.75. The van der Waals surface area contributed by atoms with Crippen LogP contribution in [0.3, 0.4) is 0 Å². The van der Waals surface area contributed by atoms with Crippen molar-refractivity contribution in [2.45, 2.75) is 37.8 Å². The minimum atomic E-state index is 0.114. The van der Waals surface area contributed by atoms with E-state index in [1.165, 1.54) is 0 Å². The van der Waals surface area contributed by atoms with Crippen molar-refractivity contribution in [3.05, 3.63) is 23.8 Å². The van der Waals surface area contributed by atoms with E-state index >= 15 is 0 Å². The van der Waals surface area contributed by atoms with E-state index in [9.17, 15) is 4.79 Å². The molecule has 1 saturated carbocycles. The molecule has 1 aromatic rings. The fraction of sp³-hybridized carbons (Fsp3) is 0.562. The average Bonchev–Trinajstić information content (AvgIpc) is 3.24. The van der Waals surface area contributed by atoms with Crippen molar-refractivity contribution in [3.63, 3.8) is 0 Å². The van der Waals surface area contributed by atoms with Gasteiger partial charge in [-0.15, -0.1) is 0 Å². The molecule has 0 unspecified atom stereocenters. The molecule has 5 nitrogen and oxygen atoms in total. The highest BCUT2D eigenvalue weighted by Crippen LogP contribution is 2.36. The SMILES string of the molecule is O=C(c1ccc2c(c1)OCO2)N(C1CCOCC1)C1CC1. The van der Waals surface area contributed by atoms with Gasteiger partial charge >= 0.3 is 0 Å². The largest absolute Gasteiger partial charge is 0.454 e. The highest BCUT2D eigenvalue weighted by atomic mass is 16.7. The molecule has 2 heterocycles. The van der Waals surface area contributed by atoms with Gasteiger partial charge < -0.3 is 19.1 Å². The van der Waals surface area contributed by atoms with Crippen LogP contribution in [0.2, 0.25) is 0 Å². The number of fused-ring (bicyclic) bond motifs is 1. The minimum Gasteiger partial charge on any atom is -0.454 e. The van der Waals surface area contributed by atoms with E-state index in [2.05, 4.69) is 4.90 Å². The third-order valence-corrected chi connectivity index (χ3v) is 4.38. The van der Waals surface area contributed by atoms with E-state index < -0.39 is 0 Å². The highest BCUT2D eigenvalue weighted by molar-refractivity contribution is 5.95. The van der Waals surface area contributed by atoms with Crippen molar-refractivity contribution < 1.29 is 19.0 Å². The lowest BCUT2D eigenvalue weighted by Gasteiger charge is -2.34. The fourth-order valence-corrected chi connectivity index (χ4v) is 3.12. The summed E-state index contributed by atoms with van der Waals surface area (Å²) < 4.78 is 16.1. The molecular weight excluding hydrogens is 270 g/mol. The monoisotopic (exact) mass is 289 g/mol. The van der Waals surface area contributed by atoms with E-state index in [1.54, 1.807) is 6.07 Å². The maximum Gasteiger partial charge on any atom is 0.254 e. The van der Waals surface area contributed by atoms with Crippen LogP contribution >= 0.6 is 0 Å². The Labute approximate surface area is 123 Å². The van der Waals surface area contributed by atoms with E-state index in [0.29, 0.717) is 23.4 Å². The lowest BCUT2D eigenvalue weighted by atomic mass is 10.0. The molecule has 0 bridgehead atoms. The summed E-state index contributed by atoms with van der Waals surface area (Å²) in [6.07, 6.45) is 4.11. The third-order valence-electron chi connectivity index (χ3n) is 4.38.